The molecule has 0 saturated heterocycles. The molecule has 2 N–H and O–H groups in total. The van der Waals surface area contributed by atoms with Crippen LogP contribution in [0, 0.1) is 0 Å². The fourth-order valence-electron chi connectivity index (χ4n) is 2.50. The van der Waals surface area contributed by atoms with Crippen LogP contribution in [0.4, 0.5) is 0 Å². The van der Waals surface area contributed by atoms with Crippen molar-refractivity contribution in [2.45, 2.75) is 52.7 Å². The third-order valence-electron chi connectivity index (χ3n) is 3.92. The Kier molecular flexibility index (Phi) is 6.20. The highest BCUT2D eigenvalue weighted by Crippen LogP contribution is 2.09. The van der Waals surface area contributed by atoms with Crippen molar-refractivity contribution in [2.24, 2.45) is 0 Å². The van der Waals surface area contributed by atoms with Crippen LogP contribution in [-0.2, 0) is 6.54 Å². The van der Waals surface area contributed by atoms with Crippen molar-refractivity contribution in [1.82, 2.24) is 15.2 Å². The minimum absolute atomic E-state index is 0.00698. The average molecular weight is 369 g/mol. The molecule has 27 heavy (non-hydrogen) atoms. The van der Waals surface area contributed by atoms with Gasteiger partial charge in [-0.1, -0.05) is 30.3 Å². The van der Waals surface area contributed by atoms with Crippen molar-refractivity contribution >= 4 is 11.8 Å². The Labute approximate surface area is 159 Å². The van der Waals surface area contributed by atoms with E-state index in [1.807, 2.05) is 65.0 Å². The molecular formula is C21H27N3O3. The molecule has 1 aromatic carbocycles. The van der Waals surface area contributed by atoms with Gasteiger partial charge in [-0.05, 0) is 40.2 Å². The second-order valence-electron chi connectivity index (χ2n) is 7.83. The molecule has 2 amide bonds. The molecule has 0 radical (unpaired) electrons. The predicted octanol–water partition coefficient (Wildman–Crippen LogP) is 2.89. The summed E-state index contributed by atoms with van der Waals surface area (Å²) >= 11 is 0. The summed E-state index contributed by atoms with van der Waals surface area (Å²) in [6.07, 6.45) is 3.00. The third-order valence-corrected chi connectivity index (χ3v) is 3.92. The molecule has 0 aliphatic carbocycles. The molecule has 0 unspecified atom stereocenters. The summed E-state index contributed by atoms with van der Waals surface area (Å²) in [5.41, 5.74) is -0.208. The lowest BCUT2D eigenvalue weighted by Gasteiger charge is -2.21. The van der Waals surface area contributed by atoms with E-state index in [1.54, 1.807) is 4.57 Å². The zero-order chi connectivity index (χ0) is 20.2. The van der Waals surface area contributed by atoms with Crippen LogP contribution in [0.3, 0.4) is 0 Å². The predicted molar refractivity (Wildman–Crippen MR) is 106 cm³/mol. The number of carbonyl (C=O) groups is 2. The number of hydrogen-bond acceptors (Lipinski definition) is 3. The number of rotatable bonds is 5. The molecule has 0 spiro atoms. The van der Waals surface area contributed by atoms with E-state index in [-0.39, 0.29) is 17.2 Å². The van der Waals surface area contributed by atoms with Crippen LogP contribution in [0.2, 0.25) is 0 Å². The Hall–Kier alpha value is -2.89. The lowest BCUT2D eigenvalue weighted by atomic mass is 10.1. The first kappa shape index (κ1) is 20.4. The van der Waals surface area contributed by atoms with Gasteiger partial charge in [0.1, 0.15) is 11.1 Å². The Morgan fingerprint density at radius 2 is 1.56 bits per heavy atom. The molecule has 0 aliphatic rings. The first-order valence-electron chi connectivity index (χ1n) is 8.99. The Balaban J connectivity index is 2.35. The topological polar surface area (TPSA) is 80.2 Å². The van der Waals surface area contributed by atoms with E-state index >= 15 is 0 Å². The van der Waals surface area contributed by atoms with Gasteiger partial charge in [0.2, 0.25) is 5.43 Å². The lowest BCUT2D eigenvalue weighted by molar-refractivity contribution is 0.0917. The largest absolute Gasteiger partial charge is 0.350 e. The SMILES string of the molecule is CC(C)n1cc(C(=O)NCc2ccccc2)c(=O)c(C(=O)NC(C)(C)C)c1. The van der Waals surface area contributed by atoms with Gasteiger partial charge in [0, 0.05) is 30.5 Å². The number of pyridine rings is 1. The molecule has 0 bridgehead atoms. The van der Waals surface area contributed by atoms with Gasteiger partial charge < -0.3 is 15.2 Å². The molecule has 1 heterocycles. The molecule has 2 aromatic rings. The molecule has 0 atom stereocenters. The minimum atomic E-state index is -0.570. The summed E-state index contributed by atoms with van der Waals surface area (Å²) in [6.45, 7) is 9.65. The first-order valence-corrected chi connectivity index (χ1v) is 8.99. The number of amides is 2. The van der Waals surface area contributed by atoms with Gasteiger partial charge in [0.25, 0.3) is 11.8 Å². The highest BCUT2D eigenvalue weighted by molar-refractivity contribution is 5.99. The summed E-state index contributed by atoms with van der Waals surface area (Å²) in [5.74, 6) is -0.983. The van der Waals surface area contributed by atoms with Crippen molar-refractivity contribution in [2.75, 3.05) is 0 Å². The number of benzene rings is 1. The first-order chi connectivity index (χ1) is 12.6. The molecule has 6 nitrogen and oxygen atoms in total. The van der Waals surface area contributed by atoms with Crippen molar-refractivity contribution in [3.05, 3.63) is 69.6 Å². The van der Waals surface area contributed by atoms with E-state index in [2.05, 4.69) is 10.6 Å². The molecule has 0 aliphatic heterocycles. The fraction of sp³-hybridized carbons (Fsp3) is 0.381. The molecule has 2 rings (SSSR count). The summed E-state index contributed by atoms with van der Waals surface area (Å²) < 4.78 is 1.70. The summed E-state index contributed by atoms with van der Waals surface area (Å²) in [6, 6.07) is 9.42. The third kappa shape index (κ3) is 5.54. The second kappa shape index (κ2) is 8.20. The Morgan fingerprint density at radius 1 is 1.00 bits per heavy atom. The molecule has 0 saturated carbocycles. The van der Waals surface area contributed by atoms with Gasteiger partial charge in [-0.3, -0.25) is 14.4 Å². The van der Waals surface area contributed by atoms with Crippen molar-refractivity contribution in [1.29, 1.82) is 0 Å². The molecule has 144 valence electrons. The number of carbonyl (C=O) groups excluding carboxylic acids is 2. The maximum Gasteiger partial charge on any atom is 0.257 e. The van der Waals surface area contributed by atoms with E-state index in [0.29, 0.717) is 6.54 Å². The van der Waals surface area contributed by atoms with Crippen LogP contribution < -0.4 is 16.1 Å². The number of nitrogens with zero attached hydrogens (tertiary/aromatic N) is 1. The van der Waals surface area contributed by atoms with E-state index in [9.17, 15) is 14.4 Å². The van der Waals surface area contributed by atoms with Crippen LogP contribution in [0.1, 0.15) is 66.9 Å². The van der Waals surface area contributed by atoms with Gasteiger partial charge in [-0.15, -0.1) is 0 Å². The average Bonchev–Trinajstić information content (AvgIpc) is 2.59. The van der Waals surface area contributed by atoms with E-state index in [0.717, 1.165) is 5.56 Å². The molecule has 6 heteroatoms. The molecular weight excluding hydrogens is 342 g/mol. The maximum atomic E-state index is 12.8. The highest BCUT2D eigenvalue weighted by atomic mass is 16.2. The van der Waals surface area contributed by atoms with E-state index < -0.39 is 22.8 Å². The minimum Gasteiger partial charge on any atom is -0.350 e. The normalized spacial score (nSPS) is 11.3. The van der Waals surface area contributed by atoms with Gasteiger partial charge in [-0.25, -0.2) is 0 Å². The molecule has 0 fully saturated rings. The van der Waals surface area contributed by atoms with Crippen LogP contribution in [0.15, 0.2) is 47.5 Å². The summed E-state index contributed by atoms with van der Waals surface area (Å²) in [4.78, 5) is 38.0. The zero-order valence-electron chi connectivity index (χ0n) is 16.5. The summed E-state index contributed by atoms with van der Waals surface area (Å²) in [7, 11) is 0. The van der Waals surface area contributed by atoms with E-state index in [4.69, 9.17) is 0 Å². The Bertz CT molecular complexity index is 878. The van der Waals surface area contributed by atoms with Crippen molar-refractivity contribution < 1.29 is 9.59 Å². The van der Waals surface area contributed by atoms with Gasteiger partial charge in [0.15, 0.2) is 0 Å². The van der Waals surface area contributed by atoms with Crippen molar-refractivity contribution in [3.63, 3.8) is 0 Å². The molecule has 1 aromatic heterocycles. The van der Waals surface area contributed by atoms with Gasteiger partial charge >= 0.3 is 0 Å². The standard InChI is InChI=1S/C21H27N3O3/c1-14(2)24-12-16(19(26)22-11-15-9-7-6-8-10-15)18(25)17(13-24)20(27)23-21(3,4)5/h6-10,12-14H,11H2,1-5H3,(H,22,26)(H,23,27). The zero-order valence-corrected chi connectivity index (χ0v) is 16.5. The van der Waals surface area contributed by atoms with Crippen molar-refractivity contribution in [3.8, 4) is 0 Å². The quantitative estimate of drug-likeness (QED) is 0.850. The van der Waals surface area contributed by atoms with Crippen LogP contribution in [0.5, 0.6) is 0 Å². The highest BCUT2D eigenvalue weighted by Gasteiger charge is 2.22. The summed E-state index contributed by atoms with van der Waals surface area (Å²) in [5, 5.41) is 5.54. The smallest absolute Gasteiger partial charge is 0.257 e. The number of nitrogens with one attached hydrogen (secondary N) is 2. The fourth-order valence-corrected chi connectivity index (χ4v) is 2.50. The number of hydrogen-bond donors (Lipinski definition) is 2. The van der Waals surface area contributed by atoms with E-state index in [1.165, 1.54) is 12.4 Å². The monoisotopic (exact) mass is 369 g/mol. The second-order valence-corrected chi connectivity index (χ2v) is 7.83. The van der Waals surface area contributed by atoms with Crippen LogP contribution in [-0.4, -0.2) is 21.9 Å². The lowest BCUT2D eigenvalue weighted by Crippen LogP contribution is -2.43. The maximum absolute atomic E-state index is 12.8. The van der Waals surface area contributed by atoms with Gasteiger partial charge in [0.05, 0.1) is 0 Å². The van der Waals surface area contributed by atoms with Crippen LogP contribution >= 0.6 is 0 Å². The van der Waals surface area contributed by atoms with Gasteiger partial charge in [-0.2, -0.15) is 0 Å². The van der Waals surface area contributed by atoms with Crippen LogP contribution in [0.25, 0.3) is 0 Å². The number of aromatic nitrogens is 1. The Morgan fingerprint density at radius 3 is 2.07 bits per heavy atom.